The molecule has 0 atom stereocenters. The fraction of sp³-hybridized carbons (Fsp3) is 0.643. The summed E-state index contributed by atoms with van der Waals surface area (Å²) < 4.78 is 11.0. The number of carbonyl (C=O) groups is 1. The van der Waals surface area contributed by atoms with Crippen LogP contribution >= 0.6 is 0 Å². The molecule has 1 fully saturated rings. The molecule has 1 saturated heterocycles. The van der Waals surface area contributed by atoms with Crippen LogP contribution in [0.5, 0.6) is 0 Å². The van der Waals surface area contributed by atoms with E-state index >= 15 is 0 Å². The van der Waals surface area contributed by atoms with Gasteiger partial charge in [-0.05, 0) is 32.3 Å². The first-order chi connectivity index (χ1) is 8.07. The highest BCUT2D eigenvalue weighted by molar-refractivity contribution is 5.93. The Hall–Kier alpha value is -0.930. The van der Waals surface area contributed by atoms with Crippen LogP contribution in [0.3, 0.4) is 0 Å². The smallest absolute Gasteiger partial charge is 0.169 e. The second-order valence-electron chi connectivity index (χ2n) is 4.40. The summed E-state index contributed by atoms with van der Waals surface area (Å²) in [5.74, 6) is -0.429. The van der Waals surface area contributed by atoms with Gasteiger partial charge in [-0.1, -0.05) is 25.2 Å². The number of ether oxygens (including phenoxy) is 2. The molecule has 0 N–H and O–H groups in total. The molecule has 0 saturated carbocycles. The quantitative estimate of drug-likeness (QED) is 0.527. The lowest BCUT2D eigenvalue weighted by atomic mass is 10.0. The van der Waals surface area contributed by atoms with Crippen LogP contribution in [0.25, 0.3) is 0 Å². The predicted octanol–water partition coefficient (Wildman–Crippen LogP) is 3.01. The summed E-state index contributed by atoms with van der Waals surface area (Å²) in [4.78, 5) is 11.5. The Morgan fingerprint density at radius 1 is 1.29 bits per heavy atom. The predicted molar refractivity (Wildman–Crippen MR) is 67.7 cm³/mol. The van der Waals surface area contributed by atoms with Gasteiger partial charge in [-0.2, -0.15) is 0 Å². The van der Waals surface area contributed by atoms with Gasteiger partial charge >= 0.3 is 0 Å². The van der Waals surface area contributed by atoms with E-state index in [9.17, 15) is 4.79 Å². The minimum Gasteiger partial charge on any atom is -0.348 e. The normalized spacial score (nSPS) is 20.1. The second-order valence-corrected chi connectivity index (χ2v) is 4.40. The molecule has 1 heterocycles. The van der Waals surface area contributed by atoms with Gasteiger partial charge in [0, 0.05) is 6.42 Å². The lowest BCUT2D eigenvalue weighted by Gasteiger charge is -2.20. The van der Waals surface area contributed by atoms with Gasteiger partial charge in [0.05, 0.1) is 13.2 Å². The summed E-state index contributed by atoms with van der Waals surface area (Å²) in [6.07, 6.45) is 8.36. The Kier molecular flexibility index (Phi) is 5.59. The average molecular weight is 238 g/mol. The zero-order chi connectivity index (χ0) is 12.7. The van der Waals surface area contributed by atoms with Crippen molar-refractivity contribution >= 4 is 5.78 Å². The largest absolute Gasteiger partial charge is 0.348 e. The molecule has 3 nitrogen and oxygen atoms in total. The minimum absolute atomic E-state index is 0.118. The van der Waals surface area contributed by atoms with Crippen molar-refractivity contribution in [3.05, 3.63) is 23.8 Å². The summed E-state index contributed by atoms with van der Waals surface area (Å²) in [7, 11) is 0. The lowest BCUT2D eigenvalue weighted by Crippen LogP contribution is -2.24. The van der Waals surface area contributed by atoms with Crippen molar-refractivity contribution in [1.29, 1.82) is 0 Å². The molecular weight excluding hydrogens is 216 g/mol. The van der Waals surface area contributed by atoms with Crippen LogP contribution in [-0.4, -0.2) is 24.8 Å². The van der Waals surface area contributed by atoms with E-state index in [2.05, 4.69) is 13.0 Å². The van der Waals surface area contributed by atoms with Gasteiger partial charge in [-0.3, -0.25) is 4.79 Å². The van der Waals surface area contributed by atoms with E-state index < -0.39 is 5.79 Å². The van der Waals surface area contributed by atoms with Gasteiger partial charge < -0.3 is 9.47 Å². The number of ketones is 1. The average Bonchev–Trinajstić information content (AvgIpc) is 2.70. The minimum atomic E-state index is -0.546. The number of rotatable bonds is 6. The maximum atomic E-state index is 11.5. The highest BCUT2D eigenvalue weighted by Gasteiger charge is 2.29. The van der Waals surface area contributed by atoms with Gasteiger partial charge in [0.2, 0.25) is 0 Å². The maximum Gasteiger partial charge on any atom is 0.169 e. The summed E-state index contributed by atoms with van der Waals surface area (Å²) in [5.41, 5.74) is 0.829. The molecule has 0 spiro atoms. The molecule has 0 aromatic heterocycles. The van der Waals surface area contributed by atoms with Gasteiger partial charge in [0.15, 0.2) is 11.6 Å². The van der Waals surface area contributed by atoms with Gasteiger partial charge in [0.1, 0.15) is 0 Å². The Bertz CT molecular complexity index is 309. The topological polar surface area (TPSA) is 35.5 Å². The Morgan fingerprint density at radius 3 is 2.47 bits per heavy atom. The van der Waals surface area contributed by atoms with Crippen LogP contribution in [0.4, 0.5) is 0 Å². The summed E-state index contributed by atoms with van der Waals surface area (Å²) in [6, 6.07) is 0. The van der Waals surface area contributed by atoms with Crippen molar-refractivity contribution in [3.8, 4) is 0 Å². The summed E-state index contributed by atoms with van der Waals surface area (Å²) in [5, 5.41) is 0. The molecule has 0 amide bonds. The van der Waals surface area contributed by atoms with Crippen molar-refractivity contribution in [1.82, 2.24) is 0 Å². The van der Waals surface area contributed by atoms with E-state index in [1.165, 1.54) is 0 Å². The highest BCUT2D eigenvalue weighted by Crippen LogP contribution is 2.24. The lowest BCUT2D eigenvalue weighted by molar-refractivity contribution is -0.138. The SMILES string of the molecule is CC/C=C/C/C(=C\CC1(C)OCCO1)C(C)=O. The number of hydrogen-bond donors (Lipinski definition) is 0. The van der Waals surface area contributed by atoms with Crippen molar-refractivity contribution in [2.24, 2.45) is 0 Å². The monoisotopic (exact) mass is 238 g/mol. The van der Waals surface area contributed by atoms with Gasteiger partial charge in [-0.15, -0.1) is 0 Å². The van der Waals surface area contributed by atoms with E-state index in [1.807, 2.05) is 19.1 Å². The molecule has 17 heavy (non-hydrogen) atoms. The third-order valence-electron chi connectivity index (χ3n) is 2.81. The van der Waals surface area contributed by atoms with Gasteiger partial charge in [0.25, 0.3) is 0 Å². The molecule has 0 aliphatic carbocycles. The maximum absolute atomic E-state index is 11.5. The number of carbonyl (C=O) groups excluding carboxylic acids is 1. The van der Waals surface area contributed by atoms with Crippen molar-refractivity contribution < 1.29 is 14.3 Å². The van der Waals surface area contributed by atoms with Crippen LogP contribution in [0.1, 0.15) is 40.0 Å². The van der Waals surface area contributed by atoms with E-state index in [4.69, 9.17) is 9.47 Å². The Labute approximate surface area is 103 Å². The number of hydrogen-bond acceptors (Lipinski definition) is 3. The van der Waals surface area contributed by atoms with Crippen molar-refractivity contribution in [2.45, 2.75) is 45.8 Å². The Balaban J connectivity index is 2.57. The van der Waals surface area contributed by atoms with Crippen LogP contribution in [-0.2, 0) is 14.3 Å². The summed E-state index contributed by atoms with van der Waals surface area (Å²) >= 11 is 0. The Morgan fingerprint density at radius 2 is 1.94 bits per heavy atom. The molecule has 96 valence electrons. The first-order valence-corrected chi connectivity index (χ1v) is 6.20. The highest BCUT2D eigenvalue weighted by atomic mass is 16.7. The molecule has 0 bridgehead atoms. The second kappa shape index (κ2) is 6.72. The van der Waals surface area contributed by atoms with Gasteiger partial charge in [-0.25, -0.2) is 0 Å². The molecular formula is C14H22O3. The van der Waals surface area contributed by atoms with Crippen LogP contribution < -0.4 is 0 Å². The van der Waals surface area contributed by atoms with E-state index in [0.717, 1.165) is 12.0 Å². The van der Waals surface area contributed by atoms with E-state index in [-0.39, 0.29) is 5.78 Å². The molecule has 0 unspecified atom stereocenters. The third-order valence-corrected chi connectivity index (χ3v) is 2.81. The molecule has 3 heteroatoms. The van der Waals surface area contributed by atoms with Crippen molar-refractivity contribution in [3.63, 3.8) is 0 Å². The fourth-order valence-electron chi connectivity index (χ4n) is 1.73. The first-order valence-electron chi connectivity index (χ1n) is 6.20. The van der Waals surface area contributed by atoms with Crippen LogP contribution in [0.15, 0.2) is 23.8 Å². The van der Waals surface area contributed by atoms with Crippen LogP contribution in [0, 0.1) is 0 Å². The van der Waals surface area contributed by atoms with E-state index in [1.54, 1.807) is 6.92 Å². The number of Topliss-reactive ketones (excluding diaryl/α,β-unsaturated/α-hetero) is 1. The molecule has 1 aliphatic heterocycles. The molecule has 1 rings (SSSR count). The zero-order valence-electron chi connectivity index (χ0n) is 11.0. The number of allylic oxidation sites excluding steroid dienone is 3. The molecule has 0 aromatic rings. The van der Waals surface area contributed by atoms with Crippen molar-refractivity contribution in [2.75, 3.05) is 13.2 Å². The zero-order valence-corrected chi connectivity index (χ0v) is 11.0. The molecule has 0 aromatic carbocycles. The third kappa shape index (κ3) is 4.84. The fourth-order valence-corrected chi connectivity index (χ4v) is 1.73. The summed E-state index contributed by atoms with van der Waals surface area (Å²) in [6.45, 7) is 6.86. The first kappa shape index (κ1) is 14.1. The standard InChI is InChI=1S/C14H22O3/c1-4-5-6-7-13(12(2)15)8-9-14(3)16-10-11-17-14/h5-6,8H,4,7,9-11H2,1-3H3/b6-5+,13-8+. The molecule has 1 aliphatic rings. The van der Waals surface area contributed by atoms with E-state index in [0.29, 0.717) is 26.1 Å². The van der Waals surface area contributed by atoms with Crippen LogP contribution in [0.2, 0.25) is 0 Å². The molecule has 0 radical (unpaired) electrons.